The average molecular weight is 334 g/mol. The molecule has 1 aromatic carbocycles. The van der Waals surface area contributed by atoms with Crippen LogP contribution in [-0.4, -0.2) is 16.5 Å². The minimum absolute atomic E-state index is 0.0221. The Bertz CT molecular complexity index is 763. The van der Waals surface area contributed by atoms with Crippen molar-refractivity contribution in [3.8, 4) is 0 Å². The number of hydrogen-bond donors (Lipinski definition) is 1. The molecule has 2 rings (SSSR count). The fourth-order valence-corrected chi connectivity index (χ4v) is 3.11. The largest absolute Gasteiger partial charge is 0.349 e. The number of halogens is 2. The molecule has 0 fully saturated rings. The van der Waals surface area contributed by atoms with Crippen molar-refractivity contribution < 1.29 is 13.6 Å². The van der Waals surface area contributed by atoms with Crippen molar-refractivity contribution >= 4 is 5.91 Å². The number of carbonyl (C=O) groups is 1. The Morgan fingerprint density at radius 1 is 1.21 bits per heavy atom. The van der Waals surface area contributed by atoms with E-state index in [1.54, 1.807) is 6.07 Å². The Balaban J connectivity index is 2.50. The highest BCUT2D eigenvalue weighted by Gasteiger charge is 2.22. The highest BCUT2D eigenvalue weighted by molar-refractivity contribution is 5.95. The molecule has 0 bridgehead atoms. The smallest absolute Gasteiger partial charge is 0.268 e. The maximum Gasteiger partial charge on any atom is 0.268 e. The van der Waals surface area contributed by atoms with E-state index in [1.165, 1.54) is 6.07 Å². The van der Waals surface area contributed by atoms with Crippen molar-refractivity contribution in [3.63, 3.8) is 0 Å². The van der Waals surface area contributed by atoms with Crippen molar-refractivity contribution in [1.82, 2.24) is 9.88 Å². The fourth-order valence-electron chi connectivity index (χ4n) is 3.11. The summed E-state index contributed by atoms with van der Waals surface area (Å²) in [5.41, 5.74) is 4.24. The maximum absolute atomic E-state index is 13.5. The van der Waals surface area contributed by atoms with Gasteiger partial charge in [-0.2, -0.15) is 0 Å². The summed E-state index contributed by atoms with van der Waals surface area (Å²) >= 11 is 0. The maximum atomic E-state index is 13.5. The Labute approximate surface area is 141 Å². The number of benzene rings is 1. The van der Waals surface area contributed by atoms with Crippen LogP contribution in [0.4, 0.5) is 8.78 Å². The first kappa shape index (κ1) is 18.2. The molecule has 130 valence electrons. The Kier molecular flexibility index (Phi) is 5.42. The molecule has 0 saturated heterocycles. The molecule has 24 heavy (non-hydrogen) atoms. The van der Waals surface area contributed by atoms with Gasteiger partial charge in [-0.3, -0.25) is 4.79 Å². The lowest BCUT2D eigenvalue weighted by molar-refractivity contribution is 0.0933. The van der Waals surface area contributed by atoms with E-state index in [4.69, 9.17) is 0 Å². The number of aromatic nitrogens is 1. The number of hydrogen-bond acceptors (Lipinski definition) is 1. The van der Waals surface area contributed by atoms with Gasteiger partial charge in [0.05, 0.1) is 0 Å². The van der Waals surface area contributed by atoms with Gasteiger partial charge in [-0.15, -0.1) is 0 Å². The molecule has 0 aliphatic carbocycles. The van der Waals surface area contributed by atoms with Gasteiger partial charge < -0.3 is 9.88 Å². The van der Waals surface area contributed by atoms with E-state index in [-0.39, 0.29) is 11.9 Å². The predicted octanol–water partition coefficient (Wildman–Crippen LogP) is 4.13. The zero-order chi connectivity index (χ0) is 18.0. The third-order valence-corrected chi connectivity index (χ3v) is 4.23. The summed E-state index contributed by atoms with van der Waals surface area (Å²) < 4.78 is 28.5. The molecule has 3 nitrogen and oxygen atoms in total. The Morgan fingerprint density at radius 3 is 2.42 bits per heavy atom. The van der Waals surface area contributed by atoms with Gasteiger partial charge in [-0.05, 0) is 62.9 Å². The van der Waals surface area contributed by atoms with Crippen LogP contribution in [0.25, 0.3) is 0 Å². The van der Waals surface area contributed by atoms with E-state index in [0.29, 0.717) is 17.8 Å². The van der Waals surface area contributed by atoms with Crippen LogP contribution in [0.1, 0.15) is 53.6 Å². The first-order valence-corrected chi connectivity index (χ1v) is 8.19. The number of nitrogens with one attached hydrogen (secondary N) is 1. The van der Waals surface area contributed by atoms with E-state index < -0.39 is 11.6 Å². The van der Waals surface area contributed by atoms with Gasteiger partial charge >= 0.3 is 0 Å². The summed E-state index contributed by atoms with van der Waals surface area (Å²) in [6.07, 6.45) is 0.810. The molecule has 0 saturated carbocycles. The van der Waals surface area contributed by atoms with Gasteiger partial charge in [0, 0.05) is 18.3 Å². The molecule has 0 aliphatic rings. The van der Waals surface area contributed by atoms with Crippen LogP contribution in [0.5, 0.6) is 0 Å². The van der Waals surface area contributed by atoms with Gasteiger partial charge in [0.1, 0.15) is 5.69 Å². The highest BCUT2D eigenvalue weighted by atomic mass is 19.2. The normalized spacial score (nSPS) is 11.2. The molecule has 2 aromatic rings. The lowest BCUT2D eigenvalue weighted by Gasteiger charge is -2.14. The lowest BCUT2D eigenvalue weighted by Crippen LogP contribution is -2.32. The van der Waals surface area contributed by atoms with E-state index in [9.17, 15) is 13.6 Å². The summed E-state index contributed by atoms with van der Waals surface area (Å²) in [6.45, 7) is 10.1. The topological polar surface area (TPSA) is 34.0 Å². The molecule has 0 unspecified atom stereocenters. The van der Waals surface area contributed by atoms with Crippen molar-refractivity contribution in [3.05, 3.63) is 57.9 Å². The molecule has 0 aliphatic heterocycles. The molecule has 0 atom stereocenters. The second-order valence-corrected chi connectivity index (χ2v) is 6.35. The quantitative estimate of drug-likeness (QED) is 0.876. The van der Waals surface area contributed by atoms with Crippen LogP contribution in [0.3, 0.4) is 0 Å². The third kappa shape index (κ3) is 3.50. The minimum atomic E-state index is -0.877. The zero-order valence-corrected chi connectivity index (χ0v) is 14.8. The first-order chi connectivity index (χ1) is 11.3. The zero-order valence-electron chi connectivity index (χ0n) is 14.8. The predicted molar refractivity (Wildman–Crippen MR) is 91.3 cm³/mol. The Hall–Kier alpha value is -2.17. The SMILES string of the molecule is CCc1c(C)c(C(=O)NC(C)C)n(Cc2ccc(F)c(F)c2)c1C. The van der Waals surface area contributed by atoms with Gasteiger partial charge in [0.2, 0.25) is 0 Å². The minimum Gasteiger partial charge on any atom is -0.349 e. The highest BCUT2D eigenvalue weighted by Crippen LogP contribution is 2.24. The summed E-state index contributed by atoms with van der Waals surface area (Å²) in [5.74, 6) is -1.89. The van der Waals surface area contributed by atoms with Crippen LogP contribution in [0.15, 0.2) is 18.2 Å². The van der Waals surface area contributed by atoms with E-state index >= 15 is 0 Å². The Morgan fingerprint density at radius 2 is 1.88 bits per heavy atom. The third-order valence-electron chi connectivity index (χ3n) is 4.23. The summed E-state index contributed by atoms with van der Waals surface area (Å²) in [7, 11) is 0. The van der Waals surface area contributed by atoms with Crippen LogP contribution in [-0.2, 0) is 13.0 Å². The monoisotopic (exact) mass is 334 g/mol. The summed E-state index contributed by atoms with van der Waals surface area (Å²) in [5, 5.41) is 2.92. The number of carbonyl (C=O) groups excluding carboxylic acids is 1. The molecule has 0 radical (unpaired) electrons. The van der Waals surface area contributed by atoms with Crippen molar-refractivity contribution in [2.75, 3.05) is 0 Å². The standard InChI is InChI=1S/C19H24F2N2O/c1-6-15-12(4)18(19(24)22-11(2)3)23(13(15)5)10-14-7-8-16(20)17(21)9-14/h7-9,11H,6,10H2,1-5H3,(H,22,24). The van der Waals surface area contributed by atoms with E-state index in [0.717, 1.165) is 29.3 Å². The molecular formula is C19H24F2N2O. The second-order valence-electron chi connectivity index (χ2n) is 6.35. The van der Waals surface area contributed by atoms with Crippen LogP contribution in [0.2, 0.25) is 0 Å². The van der Waals surface area contributed by atoms with Gasteiger partial charge in [-0.25, -0.2) is 8.78 Å². The molecule has 5 heteroatoms. The van der Waals surface area contributed by atoms with Crippen molar-refractivity contribution in [1.29, 1.82) is 0 Å². The van der Waals surface area contributed by atoms with Crippen LogP contribution < -0.4 is 5.32 Å². The fraction of sp³-hybridized carbons (Fsp3) is 0.421. The molecule has 1 heterocycles. The van der Waals surface area contributed by atoms with E-state index in [1.807, 2.05) is 39.2 Å². The molecule has 0 spiro atoms. The number of amides is 1. The molecule has 1 aromatic heterocycles. The van der Waals surface area contributed by atoms with Crippen molar-refractivity contribution in [2.24, 2.45) is 0 Å². The summed E-state index contributed by atoms with van der Waals surface area (Å²) in [6, 6.07) is 3.86. The van der Waals surface area contributed by atoms with Crippen molar-refractivity contribution in [2.45, 2.75) is 53.6 Å². The molecule has 1 amide bonds. The number of nitrogens with zero attached hydrogens (tertiary/aromatic N) is 1. The van der Waals surface area contributed by atoms with E-state index in [2.05, 4.69) is 5.32 Å². The molecular weight excluding hydrogens is 310 g/mol. The molecule has 1 N–H and O–H groups in total. The van der Waals surface area contributed by atoms with Crippen LogP contribution in [0, 0.1) is 25.5 Å². The first-order valence-electron chi connectivity index (χ1n) is 8.19. The van der Waals surface area contributed by atoms with Gasteiger partial charge in [-0.1, -0.05) is 13.0 Å². The number of rotatable bonds is 5. The average Bonchev–Trinajstić information content (AvgIpc) is 2.73. The second kappa shape index (κ2) is 7.16. The summed E-state index contributed by atoms with van der Waals surface area (Å²) in [4.78, 5) is 12.6. The van der Waals surface area contributed by atoms with Gasteiger partial charge in [0.15, 0.2) is 11.6 Å². The lowest BCUT2D eigenvalue weighted by atomic mass is 10.1. The van der Waals surface area contributed by atoms with Crippen LogP contribution >= 0.6 is 0 Å². The van der Waals surface area contributed by atoms with Gasteiger partial charge in [0.25, 0.3) is 5.91 Å².